The van der Waals surface area contributed by atoms with Gasteiger partial charge in [0.1, 0.15) is 17.5 Å². The van der Waals surface area contributed by atoms with E-state index in [1.807, 2.05) is 0 Å². The molecule has 26 heavy (non-hydrogen) atoms. The SMILES string of the molecule is CC(NCCc1cc(F)c(-n2c(N)c(C=O)ccc2=O)c(F)c1)C(=O)O. The van der Waals surface area contributed by atoms with Crippen LogP contribution < -0.4 is 16.6 Å². The highest BCUT2D eigenvalue weighted by atomic mass is 19.1. The third kappa shape index (κ3) is 3.94. The minimum atomic E-state index is -1.04. The van der Waals surface area contributed by atoms with Crippen molar-refractivity contribution < 1.29 is 23.5 Å². The number of pyridine rings is 1. The van der Waals surface area contributed by atoms with Crippen LogP contribution in [0.2, 0.25) is 0 Å². The number of nitrogens with zero attached hydrogens (tertiary/aromatic N) is 1. The fourth-order valence-electron chi connectivity index (χ4n) is 2.40. The lowest BCUT2D eigenvalue weighted by Crippen LogP contribution is -2.35. The van der Waals surface area contributed by atoms with Gasteiger partial charge in [-0.25, -0.2) is 8.78 Å². The van der Waals surface area contributed by atoms with Gasteiger partial charge in [-0.15, -0.1) is 0 Å². The second-order valence-corrected chi connectivity index (χ2v) is 5.64. The minimum Gasteiger partial charge on any atom is -0.480 e. The lowest BCUT2D eigenvalue weighted by molar-refractivity contribution is -0.138. The predicted octanol–water partition coefficient (Wildman–Crippen LogP) is 1.12. The van der Waals surface area contributed by atoms with Crippen molar-refractivity contribution in [3.8, 4) is 5.69 Å². The molecule has 2 aromatic rings. The number of anilines is 1. The maximum Gasteiger partial charge on any atom is 0.320 e. The van der Waals surface area contributed by atoms with Crippen molar-refractivity contribution in [1.29, 1.82) is 0 Å². The Morgan fingerprint density at radius 2 is 1.96 bits per heavy atom. The van der Waals surface area contributed by atoms with Gasteiger partial charge in [-0.1, -0.05) is 0 Å². The maximum absolute atomic E-state index is 14.4. The molecule has 0 aliphatic rings. The summed E-state index contributed by atoms with van der Waals surface area (Å²) >= 11 is 0. The number of benzene rings is 1. The van der Waals surface area contributed by atoms with Gasteiger partial charge < -0.3 is 16.2 Å². The van der Waals surface area contributed by atoms with E-state index in [1.165, 1.54) is 13.0 Å². The van der Waals surface area contributed by atoms with E-state index in [-0.39, 0.29) is 29.9 Å². The van der Waals surface area contributed by atoms with E-state index in [9.17, 15) is 23.2 Å². The number of aliphatic carboxylic acids is 1. The second kappa shape index (κ2) is 7.87. The van der Waals surface area contributed by atoms with Gasteiger partial charge in [0.05, 0.1) is 5.56 Å². The molecule has 1 atom stereocenters. The number of hydrogen-bond acceptors (Lipinski definition) is 5. The van der Waals surface area contributed by atoms with Gasteiger partial charge in [0, 0.05) is 6.07 Å². The number of rotatable bonds is 7. The summed E-state index contributed by atoms with van der Waals surface area (Å²) in [7, 11) is 0. The lowest BCUT2D eigenvalue weighted by Gasteiger charge is -2.14. The zero-order valence-electron chi connectivity index (χ0n) is 13.8. The number of nitrogen functional groups attached to an aromatic ring is 1. The second-order valence-electron chi connectivity index (χ2n) is 5.64. The number of carbonyl (C=O) groups excluding carboxylic acids is 1. The normalized spacial score (nSPS) is 12.0. The third-order valence-corrected chi connectivity index (χ3v) is 3.82. The van der Waals surface area contributed by atoms with E-state index < -0.39 is 34.9 Å². The summed E-state index contributed by atoms with van der Waals surface area (Å²) in [4.78, 5) is 33.6. The fraction of sp³-hybridized carbons (Fsp3) is 0.235. The highest BCUT2D eigenvalue weighted by Crippen LogP contribution is 2.22. The van der Waals surface area contributed by atoms with Crippen molar-refractivity contribution in [1.82, 2.24) is 9.88 Å². The first-order chi connectivity index (χ1) is 12.3. The van der Waals surface area contributed by atoms with Gasteiger partial charge in [0.15, 0.2) is 17.9 Å². The Bertz CT molecular complexity index is 888. The Morgan fingerprint density at radius 3 is 2.50 bits per heavy atom. The summed E-state index contributed by atoms with van der Waals surface area (Å²) in [5, 5.41) is 11.5. The average molecular weight is 365 g/mol. The molecular formula is C17H17F2N3O4. The molecule has 1 heterocycles. The van der Waals surface area contributed by atoms with Crippen LogP contribution in [0.3, 0.4) is 0 Å². The number of hydrogen-bond donors (Lipinski definition) is 3. The molecule has 0 saturated heterocycles. The molecule has 0 amide bonds. The van der Waals surface area contributed by atoms with Crippen molar-refractivity contribution in [2.75, 3.05) is 12.3 Å². The first kappa shape index (κ1) is 19.3. The largest absolute Gasteiger partial charge is 0.480 e. The van der Waals surface area contributed by atoms with Crippen LogP contribution in [0.25, 0.3) is 5.69 Å². The molecule has 0 spiro atoms. The summed E-state index contributed by atoms with van der Waals surface area (Å²) < 4.78 is 29.5. The van der Waals surface area contributed by atoms with Gasteiger partial charge in [0.25, 0.3) is 5.56 Å². The Kier molecular flexibility index (Phi) is 5.83. The summed E-state index contributed by atoms with van der Waals surface area (Å²) in [6, 6.07) is 3.43. The molecule has 0 bridgehead atoms. The zero-order valence-corrected chi connectivity index (χ0v) is 13.8. The number of carboxylic acids is 1. The van der Waals surface area contributed by atoms with E-state index in [4.69, 9.17) is 10.8 Å². The van der Waals surface area contributed by atoms with Crippen LogP contribution in [-0.4, -0.2) is 34.5 Å². The van der Waals surface area contributed by atoms with Crippen molar-refractivity contribution in [3.05, 3.63) is 57.4 Å². The molecule has 1 aromatic heterocycles. The number of aldehydes is 1. The topological polar surface area (TPSA) is 114 Å². The van der Waals surface area contributed by atoms with Gasteiger partial charge in [-0.3, -0.25) is 19.0 Å². The fourth-order valence-corrected chi connectivity index (χ4v) is 2.40. The third-order valence-electron chi connectivity index (χ3n) is 3.82. The molecule has 138 valence electrons. The molecule has 2 rings (SSSR count). The predicted molar refractivity (Wildman–Crippen MR) is 90.6 cm³/mol. The van der Waals surface area contributed by atoms with E-state index >= 15 is 0 Å². The molecule has 0 saturated carbocycles. The molecule has 0 radical (unpaired) electrons. The zero-order chi connectivity index (χ0) is 19.4. The Morgan fingerprint density at radius 1 is 1.35 bits per heavy atom. The number of nitrogens with one attached hydrogen (secondary N) is 1. The van der Waals surface area contributed by atoms with Crippen molar-refractivity contribution in [3.63, 3.8) is 0 Å². The number of nitrogens with two attached hydrogens (primary N) is 1. The molecular weight excluding hydrogens is 348 g/mol. The monoisotopic (exact) mass is 365 g/mol. The number of aromatic nitrogens is 1. The first-order valence-corrected chi connectivity index (χ1v) is 7.67. The molecule has 1 aromatic carbocycles. The van der Waals surface area contributed by atoms with Crippen molar-refractivity contribution in [2.45, 2.75) is 19.4 Å². The molecule has 4 N–H and O–H groups in total. The quantitative estimate of drug-likeness (QED) is 0.634. The molecule has 0 fully saturated rings. The van der Waals surface area contributed by atoms with Crippen molar-refractivity contribution in [2.24, 2.45) is 0 Å². The Balaban J connectivity index is 2.35. The summed E-state index contributed by atoms with van der Waals surface area (Å²) in [6.45, 7) is 1.64. The Hall–Kier alpha value is -3.07. The van der Waals surface area contributed by atoms with E-state index in [1.54, 1.807) is 0 Å². The van der Waals surface area contributed by atoms with Crippen LogP contribution in [-0.2, 0) is 11.2 Å². The summed E-state index contributed by atoms with van der Waals surface area (Å²) in [5.41, 5.74) is 4.42. The number of carboxylic acid groups (broad SMARTS) is 1. The van der Waals surface area contributed by atoms with E-state index in [2.05, 4.69) is 5.32 Å². The smallest absolute Gasteiger partial charge is 0.320 e. The molecule has 1 unspecified atom stereocenters. The first-order valence-electron chi connectivity index (χ1n) is 7.67. The molecule has 9 heteroatoms. The van der Waals surface area contributed by atoms with Gasteiger partial charge >= 0.3 is 5.97 Å². The number of carbonyl (C=O) groups is 2. The van der Waals surface area contributed by atoms with E-state index in [0.717, 1.165) is 18.2 Å². The van der Waals surface area contributed by atoms with Gasteiger partial charge in [-0.2, -0.15) is 0 Å². The minimum absolute atomic E-state index is 0.0701. The molecule has 7 nitrogen and oxygen atoms in total. The number of halogens is 2. The summed E-state index contributed by atoms with van der Waals surface area (Å²) in [5.74, 6) is -3.45. The molecule has 0 aliphatic heterocycles. The van der Waals surface area contributed by atoms with Crippen LogP contribution in [0.4, 0.5) is 14.6 Å². The van der Waals surface area contributed by atoms with E-state index in [0.29, 0.717) is 10.9 Å². The van der Waals surface area contributed by atoms with Gasteiger partial charge in [-0.05, 0) is 43.7 Å². The average Bonchev–Trinajstić information content (AvgIpc) is 2.57. The summed E-state index contributed by atoms with van der Waals surface area (Å²) in [6.07, 6.45) is 0.551. The van der Waals surface area contributed by atoms with Crippen LogP contribution in [0.15, 0.2) is 29.1 Å². The van der Waals surface area contributed by atoms with Crippen LogP contribution in [0.1, 0.15) is 22.8 Å². The lowest BCUT2D eigenvalue weighted by atomic mass is 10.1. The Labute approximate surface area is 147 Å². The standard InChI is InChI=1S/C17H17F2N3O4/c1-9(17(25)26)21-5-4-10-6-12(18)15(13(19)7-10)22-14(24)3-2-11(8-23)16(22)20/h2-3,6-9,21H,4-5,20H2,1H3,(H,25,26). The van der Waals surface area contributed by atoms with Crippen LogP contribution in [0.5, 0.6) is 0 Å². The van der Waals surface area contributed by atoms with Crippen LogP contribution >= 0.6 is 0 Å². The highest BCUT2D eigenvalue weighted by Gasteiger charge is 2.18. The highest BCUT2D eigenvalue weighted by molar-refractivity contribution is 5.82. The van der Waals surface area contributed by atoms with Crippen molar-refractivity contribution >= 4 is 18.1 Å². The van der Waals surface area contributed by atoms with Crippen LogP contribution in [0, 0.1) is 11.6 Å². The van der Waals surface area contributed by atoms with Gasteiger partial charge in [0.2, 0.25) is 0 Å². The molecule has 0 aliphatic carbocycles. The maximum atomic E-state index is 14.4.